The van der Waals surface area contributed by atoms with Crippen molar-refractivity contribution >= 4 is 6.41 Å². The molecule has 1 amide bonds. The van der Waals surface area contributed by atoms with Crippen LogP contribution in [0.5, 0.6) is 0 Å². The van der Waals surface area contributed by atoms with Gasteiger partial charge in [0.1, 0.15) is 5.69 Å². The normalized spacial score (nSPS) is 14.4. The molecule has 0 spiro atoms. The fourth-order valence-corrected chi connectivity index (χ4v) is 2.12. The predicted molar refractivity (Wildman–Crippen MR) is 64.5 cm³/mol. The minimum atomic E-state index is 0.516. The van der Waals surface area contributed by atoms with Crippen LogP contribution in [0.1, 0.15) is 11.5 Å². The number of carbonyl (C=O) groups excluding carboxylic acids is 1. The zero-order valence-corrected chi connectivity index (χ0v) is 10.1. The van der Waals surface area contributed by atoms with E-state index in [9.17, 15) is 4.79 Å². The molecule has 1 aliphatic rings. The molecular formula is C12H13N5O. The SMILES string of the molecule is Cc1cccc(-c2nnc3n2CCN(C=O)C3)n1. The van der Waals surface area contributed by atoms with Crippen molar-refractivity contribution in [2.75, 3.05) is 6.54 Å². The average molecular weight is 243 g/mol. The van der Waals surface area contributed by atoms with E-state index in [1.54, 1.807) is 4.90 Å². The van der Waals surface area contributed by atoms with Crippen molar-refractivity contribution < 1.29 is 4.79 Å². The van der Waals surface area contributed by atoms with Gasteiger partial charge in [0.2, 0.25) is 6.41 Å². The minimum Gasteiger partial charge on any atom is -0.336 e. The van der Waals surface area contributed by atoms with Crippen molar-refractivity contribution in [2.24, 2.45) is 0 Å². The zero-order chi connectivity index (χ0) is 12.5. The summed E-state index contributed by atoms with van der Waals surface area (Å²) in [6, 6.07) is 5.83. The Morgan fingerprint density at radius 2 is 2.17 bits per heavy atom. The smallest absolute Gasteiger partial charge is 0.210 e. The van der Waals surface area contributed by atoms with Gasteiger partial charge in [0, 0.05) is 18.8 Å². The summed E-state index contributed by atoms with van der Waals surface area (Å²) in [5.41, 5.74) is 1.78. The van der Waals surface area contributed by atoms with Crippen molar-refractivity contribution in [3.8, 4) is 11.5 Å². The van der Waals surface area contributed by atoms with Gasteiger partial charge in [0.05, 0.1) is 6.54 Å². The molecule has 0 atom stereocenters. The maximum absolute atomic E-state index is 10.7. The summed E-state index contributed by atoms with van der Waals surface area (Å²) in [6.07, 6.45) is 0.850. The summed E-state index contributed by atoms with van der Waals surface area (Å²) in [5, 5.41) is 8.32. The number of nitrogens with zero attached hydrogens (tertiary/aromatic N) is 5. The third-order valence-electron chi connectivity index (χ3n) is 3.05. The summed E-state index contributed by atoms with van der Waals surface area (Å²) >= 11 is 0. The van der Waals surface area contributed by atoms with Gasteiger partial charge in [-0.25, -0.2) is 4.98 Å². The van der Waals surface area contributed by atoms with Crippen LogP contribution >= 0.6 is 0 Å². The van der Waals surface area contributed by atoms with Crippen LogP contribution in [0.15, 0.2) is 18.2 Å². The first-order valence-corrected chi connectivity index (χ1v) is 5.83. The number of hydrogen-bond donors (Lipinski definition) is 0. The van der Waals surface area contributed by atoms with Gasteiger partial charge in [-0.3, -0.25) is 4.79 Å². The Balaban J connectivity index is 2.01. The zero-order valence-electron chi connectivity index (χ0n) is 10.1. The second-order valence-corrected chi connectivity index (χ2v) is 4.33. The molecule has 0 saturated heterocycles. The van der Waals surface area contributed by atoms with E-state index in [1.807, 2.05) is 29.7 Å². The highest BCUT2D eigenvalue weighted by molar-refractivity contribution is 5.51. The Morgan fingerprint density at radius 3 is 2.94 bits per heavy atom. The molecule has 3 heterocycles. The molecule has 0 N–H and O–H groups in total. The van der Waals surface area contributed by atoms with E-state index in [0.29, 0.717) is 19.6 Å². The molecule has 6 nitrogen and oxygen atoms in total. The summed E-state index contributed by atoms with van der Waals surface area (Å²) in [4.78, 5) is 16.9. The number of aryl methyl sites for hydroxylation is 1. The van der Waals surface area contributed by atoms with E-state index >= 15 is 0 Å². The molecule has 92 valence electrons. The first-order chi connectivity index (χ1) is 8.78. The number of amides is 1. The van der Waals surface area contributed by atoms with Crippen LogP contribution < -0.4 is 0 Å². The maximum atomic E-state index is 10.7. The van der Waals surface area contributed by atoms with Gasteiger partial charge in [-0.1, -0.05) is 6.07 Å². The van der Waals surface area contributed by atoms with Gasteiger partial charge >= 0.3 is 0 Å². The topological polar surface area (TPSA) is 63.9 Å². The summed E-state index contributed by atoms with van der Waals surface area (Å²) in [6.45, 7) is 3.87. The fraction of sp³-hybridized carbons (Fsp3) is 0.333. The van der Waals surface area contributed by atoms with E-state index in [-0.39, 0.29) is 0 Å². The van der Waals surface area contributed by atoms with Crippen LogP contribution in [0.2, 0.25) is 0 Å². The van der Waals surface area contributed by atoms with Crippen molar-refractivity contribution in [2.45, 2.75) is 20.0 Å². The molecule has 0 radical (unpaired) electrons. The van der Waals surface area contributed by atoms with Gasteiger partial charge in [-0.2, -0.15) is 0 Å². The lowest BCUT2D eigenvalue weighted by Gasteiger charge is -2.23. The number of hydrogen-bond acceptors (Lipinski definition) is 4. The van der Waals surface area contributed by atoms with Crippen molar-refractivity contribution in [1.29, 1.82) is 0 Å². The van der Waals surface area contributed by atoms with E-state index < -0.39 is 0 Å². The standard InChI is InChI=1S/C12H13N5O/c1-9-3-2-4-10(13-9)12-15-14-11-7-16(8-18)5-6-17(11)12/h2-4,8H,5-7H2,1H3. The number of aromatic nitrogens is 4. The Hall–Kier alpha value is -2.24. The Bertz CT molecular complexity index is 592. The Morgan fingerprint density at radius 1 is 1.28 bits per heavy atom. The lowest BCUT2D eigenvalue weighted by Crippen LogP contribution is -2.32. The van der Waals surface area contributed by atoms with Gasteiger partial charge in [0.15, 0.2) is 11.6 Å². The molecule has 0 unspecified atom stereocenters. The van der Waals surface area contributed by atoms with Gasteiger partial charge < -0.3 is 9.47 Å². The monoisotopic (exact) mass is 243 g/mol. The van der Waals surface area contributed by atoms with E-state index in [2.05, 4.69) is 15.2 Å². The number of rotatable bonds is 2. The molecule has 0 bridgehead atoms. The van der Waals surface area contributed by atoms with E-state index in [4.69, 9.17) is 0 Å². The molecular weight excluding hydrogens is 230 g/mol. The lowest BCUT2D eigenvalue weighted by atomic mass is 10.3. The Kier molecular flexibility index (Phi) is 2.55. The predicted octanol–water partition coefficient (Wildman–Crippen LogP) is 0.621. The van der Waals surface area contributed by atoms with E-state index in [0.717, 1.165) is 29.4 Å². The molecule has 18 heavy (non-hydrogen) atoms. The van der Waals surface area contributed by atoms with Crippen LogP contribution in [0.4, 0.5) is 0 Å². The van der Waals surface area contributed by atoms with Gasteiger partial charge in [0.25, 0.3) is 0 Å². The molecule has 0 fully saturated rings. The second kappa shape index (κ2) is 4.21. The third kappa shape index (κ3) is 1.75. The summed E-state index contributed by atoms with van der Waals surface area (Å²) < 4.78 is 2.03. The molecule has 0 saturated carbocycles. The van der Waals surface area contributed by atoms with Crippen LogP contribution in [0.3, 0.4) is 0 Å². The van der Waals surface area contributed by atoms with Crippen LogP contribution in [-0.4, -0.2) is 37.6 Å². The van der Waals surface area contributed by atoms with Crippen LogP contribution in [-0.2, 0) is 17.9 Å². The van der Waals surface area contributed by atoms with Crippen LogP contribution in [0, 0.1) is 6.92 Å². The van der Waals surface area contributed by atoms with Crippen molar-refractivity contribution in [3.63, 3.8) is 0 Å². The highest BCUT2D eigenvalue weighted by Gasteiger charge is 2.21. The quantitative estimate of drug-likeness (QED) is 0.725. The minimum absolute atomic E-state index is 0.516. The highest BCUT2D eigenvalue weighted by atomic mass is 16.1. The Labute approximate surface area is 104 Å². The maximum Gasteiger partial charge on any atom is 0.210 e. The molecule has 1 aliphatic heterocycles. The molecule has 3 rings (SSSR count). The first-order valence-electron chi connectivity index (χ1n) is 5.83. The van der Waals surface area contributed by atoms with Crippen LogP contribution in [0.25, 0.3) is 11.5 Å². The highest BCUT2D eigenvalue weighted by Crippen LogP contribution is 2.19. The number of carbonyl (C=O) groups is 1. The first kappa shape index (κ1) is 10.9. The van der Waals surface area contributed by atoms with E-state index in [1.165, 1.54) is 0 Å². The third-order valence-corrected chi connectivity index (χ3v) is 3.05. The lowest BCUT2D eigenvalue weighted by molar-refractivity contribution is -0.119. The molecule has 0 aliphatic carbocycles. The number of pyridine rings is 1. The summed E-state index contributed by atoms with van der Waals surface area (Å²) in [5.74, 6) is 1.59. The molecule has 0 aromatic carbocycles. The molecule has 6 heteroatoms. The van der Waals surface area contributed by atoms with Crippen molar-refractivity contribution in [3.05, 3.63) is 29.7 Å². The molecule has 2 aromatic heterocycles. The second-order valence-electron chi connectivity index (χ2n) is 4.33. The number of fused-ring (bicyclic) bond motifs is 1. The van der Waals surface area contributed by atoms with Gasteiger partial charge in [-0.05, 0) is 19.1 Å². The summed E-state index contributed by atoms with van der Waals surface area (Å²) in [7, 11) is 0. The largest absolute Gasteiger partial charge is 0.336 e. The van der Waals surface area contributed by atoms with Gasteiger partial charge in [-0.15, -0.1) is 10.2 Å². The average Bonchev–Trinajstić information content (AvgIpc) is 2.81. The molecule has 2 aromatic rings. The fourth-order valence-electron chi connectivity index (χ4n) is 2.12. The van der Waals surface area contributed by atoms with Crippen molar-refractivity contribution in [1.82, 2.24) is 24.6 Å².